The van der Waals surface area contributed by atoms with Crippen molar-refractivity contribution in [3.8, 4) is 11.3 Å². The van der Waals surface area contributed by atoms with E-state index in [1.54, 1.807) is 18.3 Å². The summed E-state index contributed by atoms with van der Waals surface area (Å²) in [7, 11) is 0. The van der Waals surface area contributed by atoms with E-state index in [-0.39, 0.29) is 12.1 Å². The van der Waals surface area contributed by atoms with Gasteiger partial charge in [-0.05, 0) is 36.8 Å². The molecule has 0 fully saturated rings. The van der Waals surface area contributed by atoms with Crippen LogP contribution in [0, 0.1) is 12.3 Å². The minimum Gasteiger partial charge on any atom is -0.339 e. The minimum atomic E-state index is 0.114. The number of halogens is 1. The predicted molar refractivity (Wildman–Crippen MR) is 89.0 cm³/mol. The summed E-state index contributed by atoms with van der Waals surface area (Å²) in [6.45, 7) is 5.65. The van der Waals surface area contributed by atoms with Crippen molar-refractivity contribution in [2.24, 2.45) is 0 Å². The van der Waals surface area contributed by atoms with Crippen molar-refractivity contribution in [3.05, 3.63) is 47.8 Å². The second kappa shape index (κ2) is 5.73. The van der Waals surface area contributed by atoms with Crippen LogP contribution in [0.3, 0.4) is 0 Å². The molecule has 22 heavy (non-hydrogen) atoms. The molecular formula is C16H13FN4S. The fourth-order valence-corrected chi connectivity index (χ4v) is 2.66. The van der Waals surface area contributed by atoms with E-state index in [1.807, 2.05) is 19.1 Å². The zero-order chi connectivity index (χ0) is 15.7. The first-order valence-electron chi connectivity index (χ1n) is 6.59. The van der Waals surface area contributed by atoms with Crippen LogP contribution in [0.15, 0.2) is 36.0 Å². The molecule has 110 valence electrons. The zero-order valence-electron chi connectivity index (χ0n) is 11.9. The lowest BCUT2D eigenvalue weighted by atomic mass is 10.1. The van der Waals surface area contributed by atoms with Crippen LogP contribution >= 0.6 is 12.1 Å². The molecule has 0 aliphatic carbocycles. The van der Waals surface area contributed by atoms with Crippen LogP contribution in [-0.4, -0.2) is 21.2 Å². The molecule has 0 unspecified atom stereocenters. The van der Waals surface area contributed by atoms with Crippen molar-refractivity contribution in [3.63, 3.8) is 0 Å². The van der Waals surface area contributed by atoms with Crippen molar-refractivity contribution >= 4 is 35.5 Å². The van der Waals surface area contributed by atoms with Gasteiger partial charge in [0, 0.05) is 34.6 Å². The Labute approximate surface area is 131 Å². The number of rotatable bonds is 4. The average molecular weight is 312 g/mol. The maximum absolute atomic E-state index is 12.7. The van der Waals surface area contributed by atoms with Crippen LogP contribution in [0.2, 0.25) is 0 Å². The van der Waals surface area contributed by atoms with Crippen LogP contribution in [-0.2, 0) is 0 Å². The Kier molecular flexibility index (Phi) is 3.77. The molecular weight excluding hydrogens is 299 g/mol. The van der Waals surface area contributed by atoms with Crippen molar-refractivity contribution in [2.75, 3.05) is 0 Å². The third-order valence-corrected chi connectivity index (χ3v) is 3.89. The molecule has 0 aliphatic rings. The number of H-pyrrole nitrogens is 1. The Morgan fingerprint density at radius 2 is 2.23 bits per heavy atom. The molecule has 3 heterocycles. The van der Waals surface area contributed by atoms with Gasteiger partial charge in [-0.3, -0.25) is 0 Å². The molecule has 3 aromatic heterocycles. The molecule has 2 N–H and O–H groups in total. The first-order chi connectivity index (χ1) is 10.7. The highest BCUT2D eigenvalue weighted by molar-refractivity contribution is 7.94. The number of aromatic amines is 1. The number of aryl methyl sites for hydroxylation is 1. The third-order valence-electron chi connectivity index (χ3n) is 3.51. The molecule has 3 rings (SSSR count). The topological polar surface area (TPSA) is 65.4 Å². The largest absolute Gasteiger partial charge is 0.339 e. The molecule has 0 amide bonds. The number of fused-ring (bicyclic) bond motifs is 1. The van der Waals surface area contributed by atoms with Crippen LogP contribution in [0.4, 0.5) is 3.89 Å². The molecule has 0 spiro atoms. The van der Waals surface area contributed by atoms with Gasteiger partial charge in [-0.25, -0.2) is 9.97 Å². The van der Waals surface area contributed by atoms with E-state index in [9.17, 15) is 3.89 Å². The van der Waals surface area contributed by atoms with Crippen LogP contribution in [0.1, 0.15) is 16.8 Å². The monoisotopic (exact) mass is 312 g/mol. The molecule has 0 saturated heterocycles. The second-order valence-corrected chi connectivity index (χ2v) is 5.38. The molecule has 6 heteroatoms. The Bertz CT molecular complexity index is 885. The van der Waals surface area contributed by atoms with Crippen molar-refractivity contribution in [1.29, 1.82) is 5.41 Å². The SMILES string of the molecule is C=Cc1[nH]c2nc(-c3cc(SF)ncc3C)ccc2c1C=N. The molecule has 0 bridgehead atoms. The highest BCUT2D eigenvalue weighted by Crippen LogP contribution is 2.29. The third kappa shape index (κ3) is 2.31. The Balaban J connectivity index is 2.21. The van der Waals surface area contributed by atoms with Gasteiger partial charge < -0.3 is 10.4 Å². The Morgan fingerprint density at radius 1 is 1.41 bits per heavy atom. The van der Waals surface area contributed by atoms with Crippen LogP contribution < -0.4 is 0 Å². The summed E-state index contributed by atoms with van der Waals surface area (Å²) in [6.07, 6.45) is 4.58. The number of hydrogen-bond donors (Lipinski definition) is 2. The van der Waals surface area contributed by atoms with E-state index in [2.05, 4.69) is 21.5 Å². The van der Waals surface area contributed by atoms with Gasteiger partial charge >= 0.3 is 0 Å². The van der Waals surface area contributed by atoms with Gasteiger partial charge in [0.05, 0.1) is 5.69 Å². The van der Waals surface area contributed by atoms with Crippen LogP contribution in [0.5, 0.6) is 0 Å². The predicted octanol–water partition coefficient (Wildman–Crippen LogP) is 4.55. The normalized spacial score (nSPS) is 10.8. The second-order valence-electron chi connectivity index (χ2n) is 4.81. The van der Waals surface area contributed by atoms with E-state index in [1.165, 1.54) is 6.21 Å². The minimum absolute atomic E-state index is 0.114. The molecule has 0 aliphatic heterocycles. The first kappa shape index (κ1) is 14.5. The maximum Gasteiger partial charge on any atom is 0.139 e. The lowest BCUT2D eigenvalue weighted by Crippen LogP contribution is -1.90. The lowest BCUT2D eigenvalue weighted by molar-refractivity contribution is 0.918. The molecule has 0 saturated carbocycles. The van der Waals surface area contributed by atoms with E-state index < -0.39 is 0 Å². The highest BCUT2D eigenvalue weighted by Gasteiger charge is 2.12. The molecule has 0 atom stereocenters. The van der Waals surface area contributed by atoms with Gasteiger partial charge in [0.15, 0.2) is 0 Å². The maximum atomic E-state index is 12.7. The molecule has 3 aromatic rings. The number of hydrogen-bond acceptors (Lipinski definition) is 4. The quantitative estimate of drug-likeness (QED) is 0.695. The average Bonchev–Trinajstić information content (AvgIpc) is 2.92. The molecule has 0 radical (unpaired) electrons. The summed E-state index contributed by atoms with van der Waals surface area (Å²) in [5, 5.41) is 8.69. The highest BCUT2D eigenvalue weighted by atomic mass is 32.2. The van der Waals surface area contributed by atoms with Gasteiger partial charge in [0.25, 0.3) is 0 Å². The van der Waals surface area contributed by atoms with E-state index >= 15 is 0 Å². The summed E-state index contributed by atoms with van der Waals surface area (Å²) in [5.41, 5.74) is 4.69. The standard InChI is InChI=1S/C16H13FN4S/c1-3-13-12(7-18)10-4-5-14(21-16(10)20-13)11-6-15(22-17)19-8-9(11)2/h3-8,18H,1H2,2H3,(H,20,21). The van der Waals surface area contributed by atoms with Crippen molar-refractivity contribution < 1.29 is 3.89 Å². The fourth-order valence-electron chi connectivity index (χ4n) is 2.40. The number of nitrogens with one attached hydrogen (secondary N) is 2. The molecule has 0 aromatic carbocycles. The van der Waals surface area contributed by atoms with E-state index in [0.717, 1.165) is 33.5 Å². The first-order valence-corrected chi connectivity index (χ1v) is 7.31. The Morgan fingerprint density at radius 3 is 2.91 bits per heavy atom. The zero-order valence-corrected chi connectivity index (χ0v) is 12.7. The van der Waals surface area contributed by atoms with Gasteiger partial charge in [-0.2, -0.15) is 3.89 Å². The fraction of sp³-hybridized carbons (Fsp3) is 0.0625. The van der Waals surface area contributed by atoms with Crippen molar-refractivity contribution in [1.82, 2.24) is 15.0 Å². The lowest BCUT2D eigenvalue weighted by Gasteiger charge is -2.06. The number of pyridine rings is 2. The van der Waals surface area contributed by atoms with Crippen LogP contribution in [0.25, 0.3) is 28.4 Å². The summed E-state index contributed by atoms with van der Waals surface area (Å²) in [6, 6.07) is 5.46. The number of aromatic nitrogens is 3. The van der Waals surface area contributed by atoms with E-state index in [4.69, 9.17) is 5.41 Å². The molecule has 4 nitrogen and oxygen atoms in total. The summed E-state index contributed by atoms with van der Waals surface area (Å²) >= 11 is 0.114. The van der Waals surface area contributed by atoms with Gasteiger partial charge in [-0.1, -0.05) is 6.58 Å². The van der Waals surface area contributed by atoms with Gasteiger partial charge in [0.2, 0.25) is 0 Å². The summed E-state index contributed by atoms with van der Waals surface area (Å²) in [4.78, 5) is 11.7. The van der Waals surface area contributed by atoms with Gasteiger partial charge in [0.1, 0.15) is 22.8 Å². The summed E-state index contributed by atoms with van der Waals surface area (Å²) in [5.74, 6) is 0. The van der Waals surface area contributed by atoms with Crippen molar-refractivity contribution in [2.45, 2.75) is 11.9 Å². The Hall–Kier alpha value is -2.47. The number of nitrogens with zero attached hydrogens (tertiary/aromatic N) is 2. The smallest absolute Gasteiger partial charge is 0.139 e. The summed E-state index contributed by atoms with van der Waals surface area (Å²) < 4.78 is 12.7. The van der Waals surface area contributed by atoms with E-state index in [0.29, 0.717) is 10.7 Å². The van der Waals surface area contributed by atoms with Gasteiger partial charge in [-0.15, -0.1) is 0 Å².